The van der Waals surface area contributed by atoms with E-state index < -0.39 is 12.5 Å². The van der Waals surface area contributed by atoms with Crippen molar-refractivity contribution in [1.29, 1.82) is 0 Å². The number of unbranched alkanes of at least 4 members (excludes halogenated alkanes) is 17. The van der Waals surface area contributed by atoms with Crippen molar-refractivity contribution in [2.24, 2.45) is 0 Å². The first-order valence-corrected chi connectivity index (χ1v) is 12.8. The molecule has 3 nitrogen and oxygen atoms in total. The highest BCUT2D eigenvalue weighted by Gasteiger charge is 2.09. The van der Waals surface area contributed by atoms with Crippen LogP contribution in [0, 0.1) is 0 Å². The predicted octanol–water partition coefficient (Wildman–Crippen LogP) is 7.44. The number of rotatable bonds is 23. The predicted molar refractivity (Wildman–Crippen MR) is 123 cm³/mol. The normalized spacial score (nSPS) is 13.7. The maximum Gasteiger partial charge on any atom is 0.106 e. The maximum absolute atomic E-state index is 10.00. The fraction of sp³-hybridized carbons (Fsp3) is 1.00. The topological polar surface area (TPSA) is 52.5 Å². The van der Waals surface area contributed by atoms with E-state index in [1.54, 1.807) is 0 Å². The number of aliphatic hydroxyl groups excluding tert-OH is 2. The minimum absolute atomic E-state index is 0.553. The summed E-state index contributed by atoms with van der Waals surface area (Å²) in [7, 11) is 0. The Labute approximate surface area is 177 Å². The zero-order valence-electron chi connectivity index (χ0n) is 19.4. The molecule has 0 aromatic heterocycles. The fourth-order valence-electron chi connectivity index (χ4n) is 3.86. The summed E-state index contributed by atoms with van der Waals surface area (Å²) in [5.41, 5.74) is 0. The van der Waals surface area contributed by atoms with Gasteiger partial charge in [-0.1, -0.05) is 123 Å². The van der Waals surface area contributed by atoms with Crippen molar-refractivity contribution in [3.05, 3.63) is 0 Å². The van der Waals surface area contributed by atoms with E-state index in [4.69, 9.17) is 0 Å². The molecule has 0 heterocycles. The lowest BCUT2D eigenvalue weighted by molar-refractivity contribution is 0.0310. The van der Waals surface area contributed by atoms with Crippen molar-refractivity contribution >= 4 is 0 Å². The highest BCUT2D eigenvalue weighted by molar-refractivity contribution is 4.59. The third-order valence-electron chi connectivity index (χ3n) is 5.80. The van der Waals surface area contributed by atoms with E-state index in [-0.39, 0.29) is 0 Å². The summed E-state index contributed by atoms with van der Waals surface area (Å²) in [4.78, 5) is 0. The van der Waals surface area contributed by atoms with Gasteiger partial charge in [0.15, 0.2) is 0 Å². The van der Waals surface area contributed by atoms with Crippen LogP contribution in [0.25, 0.3) is 0 Å². The van der Waals surface area contributed by atoms with Gasteiger partial charge in [-0.05, 0) is 25.7 Å². The molecule has 0 aliphatic rings. The Balaban J connectivity index is 3.26. The van der Waals surface area contributed by atoms with Crippen molar-refractivity contribution < 1.29 is 10.2 Å². The van der Waals surface area contributed by atoms with Gasteiger partial charge in [-0.3, -0.25) is 5.32 Å². The molecule has 2 atom stereocenters. The van der Waals surface area contributed by atoms with E-state index in [1.807, 2.05) is 0 Å². The van der Waals surface area contributed by atoms with Crippen molar-refractivity contribution in [3.8, 4) is 0 Å². The summed E-state index contributed by atoms with van der Waals surface area (Å²) in [5, 5.41) is 22.9. The second-order valence-corrected chi connectivity index (χ2v) is 8.79. The third-order valence-corrected chi connectivity index (χ3v) is 5.80. The highest BCUT2D eigenvalue weighted by atomic mass is 16.3. The number of hydrogen-bond donors (Lipinski definition) is 3. The van der Waals surface area contributed by atoms with Crippen LogP contribution in [0.5, 0.6) is 0 Å². The van der Waals surface area contributed by atoms with E-state index in [0.29, 0.717) is 0 Å². The first-order chi connectivity index (χ1) is 13.7. The molecule has 0 aromatic rings. The molecular weight excluding hydrogens is 346 g/mol. The molecule has 3 N–H and O–H groups in total. The first-order valence-electron chi connectivity index (χ1n) is 12.8. The average Bonchev–Trinajstić information content (AvgIpc) is 2.68. The van der Waals surface area contributed by atoms with Crippen LogP contribution < -0.4 is 5.32 Å². The van der Waals surface area contributed by atoms with Gasteiger partial charge in [-0.2, -0.15) is 0 Å². The molecule has 0 amide bonds. The molecule has 170 valence electrons. The minimum Gasteiger partial charge on any atom is -0.379 e. The molecule has 3 heteroatoms. The van der Waals surface area contributed by atoms with E-state index in [0.717, 1.165) is 25.7 Å². The zero-order valence-corrected chi connectivity index (χ0v) is 19.4. The Hall–Kier alpha value is -0.120. The van der Waals surface area contributed by atoms with E-state index in [1.165, 1.54) is 109 Å². The zero-order chi connectivity index (χ0) is 20.7. The van der Waals surface area contributed by atoms with Crippen molar-refractivity contribution in [3.63, 3.8) is 0 Å². The Bertz CT molecular complexity index is 286. The Kier molecular flexibility index (Phi) is 23.1. The Morgan fingerprint density at radius 3 is 0.964 bits per heavy atom. The largest absolute Gasteiger partial charge is 0.379 e. The van der Waals surface area contributed by atoms with E-state index in [9.17, 15) is 10.2 Å². The molecule has 0 radical (unpaired) electrons. The van der Waals surface area contributed by atoms with E-state index in [2.05, 4.69) is 19.2 Å². The lowest BCUT2D eigenvalue weighted by atomic mass is 10.0. The smallest absolute Gasteiger partial charge is 0.106 e. The van der Waals surface area contributed by atoms with Crippen molar-refractivity contribution in [2.75, 3.05) is 0 Å². The molecule has 2 unspecified atom stereocenters. The highest BCUT2D eigenvalue weighted by Crippen LogP contribution is 2.13. The van der Waals surface area contributed by atoms with Gasteiger partial charge in [0.05, 0.1) is 0 Å². The Morgan fingerprint density at radius 2 is 0.679 bits per heavy atom. The standard InChI is InChI=1S/C25H53NO2/c1-3-5-7-9-11-12-13-14-15-16-17-19-21-23-25(28)26-24(27)22-20-18-10-8-6-4-2/h24-28H,3-23H2,1-2H3. The van der Waals surface area contributed by atoms with Gasteiger partial charge in [0.1, 0.15) is 12.5 Å². The summed E-state index contributed by atoms with van der Waals surface area (Å²) >= 11 is 0. The third kappa shape index (κ3) is 22.2. The van der Waals surface area contributed by atoms with Crippen molar-refractivity contribution in [1.82, 2.24) is 5.32 Å². The molecule has 0 aliphatic carbocycles. The van der Waals surface area contributed by atoms with Crippen LogP contribution in [-0.2, 0) is 0 Å². The van der Waals surface area contributed by atoms with Crippen LogP contribution in [0.2, 0.25) is 0 Å². The van der Waals surface area contributed by atoms with Crippen LogP contribution in [-0.4, -0.2) is 22.7 Å². The molecule has 28 heavy (non-hydrogen) atoms. The van der Waals surface area contributed by atoms with Crippen molar-refractivity contribution in [2.45, 2.75) is 161 Å². The SMILES string of the molecule is CCCCCCCCCCCCCCCC(O)NC(O)CCCCCCCC. The minimum atomic E-state index is -0.553. The second kappa shape index (κ2) is 23.2. The molecule has 0 bridgehead atoms. The van der Waals surface area contributed by atoms with Gasteiger partial charge in [0.25, 0.3) is 0 Å². The lowest BCUT2D eigenvalue weighted by Gasteiger charge is -2.18. The molecular formula is C25H53NO2. The van der Waals surface area contributed by atoms with Crippen LogP contribution in [0.3, 0.4) is 0 Å². The van der Waals surface area contributed by atoms with Gasteiger partial charge < -0.3 is 10.2 Å². The molecule has 0 saturated heterocycles. The molecule has 0 spiro atoms. The maximum atomic E-state index is 10.00. The molecule has 0 aromatic carbocycles. The number of aliphatic hydroxyl groups is 2. The summed E-state index contributed by atoms with van der Waals surface area (Å²) in [6, 6.07) is 0. The monoisotopic (exact) mass is 399 g/mol. The summed E-state index contributed by atoms with van der Waals surface area (Å²) in [5.74, 6) is 0. The summed E-state index contributed by atoms with van der Waals surface area (Å²) < 4.78 is 0. The molecule has 0 rings (SSSR count). The molecule has 0 fully saturated rings. The lowest BCUT2D eigenvalue weighted by Crippen LogP contribution is -2.38. The number of nitrogens with one attached hydrogen (secondary N) is 1. The number of hydrogen-bond acceptors (Lipinski definition) is 3. The second-order valence-electron chi connectivity index (χ2n) is 8.79. The Morgan fingerprint density at radius 1 is 0.429 bits per heavy atom. The summed E-state index contributed by atoms with van der Waals surface area (Å²) in [6.45, 7) is 4.50. The van der Waals surface area contributed by atoms with Crippen LogP contribution in [0.4, 0.5) is 0 Å². The molecule has 0 saturated carbocycles. The van der Waals surface area contributed by atoms with Gasteiger partial charge >= 0.3 is 0 Å². The van der Waals surface area contributed by atoms with Gasteiger partial charge in [-0.15, -0.1) is 0 Å². The average molecular weight is 400 g/mol. The van der Waals surface area contributed by atoms with Crippen LogP contribution in [0.15, 0.2) is 0 Å². The molecule has 0 aliphatic heterocycles. The van der Waals surface area contributed by atoms with Gasteiger partial charge in [-0.25, -0.2) is 0 Å². The summed E-state index contributed by atoms with van der Waals surface area (Å²) in [6.07, 6.45) is 25.3. The van der Waals surface area contributed by atoms with E-state index >= 15 is 0 Å². The van der Waals surface area contributed by atoms with Gasteiger partial charge in [0.2, 0.25) is 0 Å². The first kappa shape index (κ1) is 27.9. The van der Waals surface area contributed by atoms with Crippen LogP contribution >= 0.6 is 0 Å². The fourth-order valence-corrected chi connectivity index (χ4v) is 3.86. The van der Waals surface area contributed by atoms with Crippen LogP contribution in [0.1, 0.15) is 149 Å². The quantitative estimate of drug-likeness (QED) is 0.123. The van der Waals surface area contributed by atoms with Gasteiger partial charge in [0, 0.05) is 0 Å².